The molecule has 1 aromatic carbocycles. The summed E-state index contributed by atoms with van der Waals surface area (Å²) in [4.78, 5) is 53.2. The molecule has 0 aromatic heterocycles. The SMILES string of the molecule is O=C1CCC(N2C(=O)c3cccc(CN4CCNCC45CC5)c3C2=O)C(=O)N1. The van der Waals surface area contributed by atoms with Crippen LogP contribution in [-0.2, 0) is 16.1 Å². The number of rotatable bonds is 3. The van der Waals surface area contributed by atoms with Crippen LogP contribution in [-0.4, -0.2) is 64.6 Å². The van der Waals surface area contributed by atoms with Crippen LogP contribution >= 0.6 is 0 Å². The molecule has 3 fully saturated rings. The van der Waals surface area contributed by atoms with Gasteiger partial charge in [-0.05, 0) is 30.9 Å². The number of hydrogen-bond donors (Lipinski definition) is 2. The van der Waals surface area contributed by atoms with Gasteiger partial charge >= 0.3 is 0 Å². The Morgan fingerprint density at radius 2 is 1.93 bits per heavy atom. The average Bonchev–Trinajstić information content (AvgIpc) is 3.40. The first kappa shape index (κ1) is 17.5. The van der Waals surface area contributed by atoms with Crippen molar-refractivity contribution in [2.24, 2.45) is 0 Å². The molecule has 2 saturated heterocycles. The van der Waals surface area contributed by atoms with E-state index < -0.39 is 23.8 Å². The molecule has 2 N–H and O–H groups in total. The largest absolute Gasteiger partial charge is 0.314 e. The number of nitrogens with one attached hydrogen (secondary N) is 2. The van der Waals surface area contributed by atoms with Gasteiger partial charge in [0.25, 0.3) is 11.8 Å². The van der Waals surface area contributed by atoms with Crippen molar-refractivity contribution in [3.63, 3.8) is 0 Å². The zero-order chi connectivity index (χ0) is 19.5. The van der Waals surface area contributed by atoms with Gasteiger partial charge in [0, 0.05) is 38.1 Å². The highest BCUT2D eigenvalue weighted by Gasteiger charge is 2.50. The second-order valence-corrected chi connectivity index (χ2v) is 8.11. The summed E-state index contributed by atoms with van der Waals surface area (Å²) in [7, 11) is 0. The molecule has 146 valence electrons. The maximum atomic E-state index is 13.2. The minimum absolute atomic E-state index is 0.125. The molecule has 1 saturated carbocycles. The summed E-state index contributed by atoms with van der Waals surface area (Å²) in [5.74, 6) is -1.82. The molecule has 1 aromatic rings. The van der Waals surface area contributed by atoms with Crippen molar-refractivity contribution in [2.45, 2.75) is 43.8 Å². The number of carbonyl (C=O) groups is 4. The fourth-order valence-electron chi connectivity index (χ4n) is 4.69. The number of amides is 4. The van der Waals surface area contributed by atoms with Gasteiger partial charge in [-0.2, -0.15) is 0 Å². The highest BCUT2D eigenvalue weighted by molar-refractivity contribution is 6.24. The number of imide groups is 2. The van der Waals surface area contributed by atoms with Crippen molar-refractivity contribution >= 4 is 23.6 Å². The number of carbonyl (C=O) groups excluding carboxylic acids is 4. The molecule has 0 bridgehead atoms. The Hall–Kier alpha value is -2.58. The minimum atomic E-state index is -0.924. The van der Waals surface area contributed by atoms with Crippen LogP contribution in [0.1, 0.15) is 52.0 Å². The Balaban J connectivity index is 1.45. The molecule has 1 atom stereocenters. The Morgan fingerprint density at radius 1 is 1.11 bits per heavy atom. The topological polar surface area (TPSA) is 98.8 Å². The number of hydrogen-bond acceptors (Lipinski definition) is 6. The third-order valence-electron chi connectivity index (χ3n) is 6.43. The highest BCUT2D eigenvalue weighted by Crippen LogP contribution is 2.43. The normalized spacial score (nSPS) is 26.6. The summed E-state index contributed by atoms with van der Waals surface area (Å²) in [6.07, 6.45) is 2.58. The van der Waals surface area contributed by atoms with Gasteiger partial charge < -0.3 is 5.32 Å². The van der Waals surface area contributed by atoms with E-state index in [9.17, 15) is 19.2 Å². The Bertz CT molecular complexity index is 907. The molecule has 28 heavy (non-hydrogen) atoms. The quantitative estimate of drug-likeness (QED) is 0.716. The fourth-order valence-corrected chi connectivity index (χ4v) is 4.69. The van der Waals surface area contributed by atoms with Crippen LogP contribution in [0.15, 0.2) is 18.2 Å². The highest BCUT2D eigenvalue weighted by atomic mass is 16.2. The molecule has 5 rings (SSSR count). The van der Waals surface area contributed by atoms with E-state index in [4.69, 9.17) is 0 Å². The lowest BCUT2D eigenvalue weighted by atomic mass is 10.0. The molecule has 1 spiro atoms. The molecule has 3 aliphatic heterocycles. The molecule has 4 aliphatic rings. The molecule has 1 unspecified atom stereocenters. The van der Waals surface area contributed by atoms with E-state index in [1.165, 1.54) is 0 Å². The first-order chi connectivity index (χ1) is 13.5. The summed E-state index contributed by atoms with van der Waals surface area (Å²) >= 11 is 0. The van der Waals surface area contributed by atoms with E-state index in [-0.39, 0.29) is 24.3 Å². The zero-order valence-corrected chi connectivity index (χ0v) is 15.5. The number of fused-ring (bicyclic) bond motifs is 1. The predicted octanol–water partition coefficient (Wildman–Crippen LogP) is 0.0256. The van der Waals surface area contributed by atoms with E-state index >= 15 is 0 Å². The lowest BCUT2D eigenvalue weighted by molar-refractivity contribution is -0.136. The Kier molecular flexibility index (Phi) is 3.89. The van der Waals surface area contributed by atoms with Crippen LogP contribution in [0.3, 0.4) is 0 Å². The van der Waals surface area contributed by atoms with Gasteiger partial charge in [0.2, 0.25) is 11.8 Å². The van der Waals surface area contributed by atoms with Crippen molar-refractivity contribution in [1.82, 2.24) is 20.4 Å². The smallest absolute Gasteiger partial charge is 0.262 e. The maximum absolute atomic E-state index is 13.2. The van der Waals surface area contributed by atoms with Gasteiger partial charge in [0.1, 0.15) is 6.04 Å². The van der Waals surface area contributed by atoms with E-state index in [1.807, 2.05) is 6.07 Å². The van der Waals surface area contributed by atoms with Crippen LogP contribution in [0, 0.1) is 0 Å². The minimum Gasteiger partial charge on any atom is -0.314 e. The van der Waals surface area contributed by atoms with Crippen LogP contribution in [0.2, 0.25) is 0 Å². The van der Waals surface area contributed by atoms with Gasteiger partial charge in [-0.3, -0.25) is 34.3 Å². The molecule has 1 aliphatic carbocycles. The Labute approximate surface area is 162 Å². The zero-order valence-electron chi connectivity index (χ0n) is 15.5. The number of benzene rings is 1. The van der Waals surface area contributed by atoms with E-state index in [0.717, 1.165) is 42.9 Å². The van der Waals surface area contributed by atoms with Gasteiger partial charge in [0.15, 0.2) is 0 Å². The first-order valence-electron chi connectivity index (χ1n) is 9.79. The van der Waals surface area contributed by atoms with Crippen molar-refractivity contribution in [1.29, 1.82) is 0 Å². The number of piperazine rings is 1. The summed E-state index contributed by atoms with van der Waals surface area (Å²) in [6.45, 7) is 3.39. The molecule has 3 heterocycles. The summed E-state index contributed by atoms with van der Waals surface area (Å²) in [6, 6.07) is 4.42. The first-order valence-corrected chi connectivity index (χ1v) is 9.79. The van der Waals surface area contributed by atoms with Crippen molar-refractivity contribution < 1.29 is 19.2 Å². The van der Waals surface area contributed by atoms with Crippen molar-refractivity contribution in [2.75, 3.05) is 19.6 Å². The molecular formula is C20H22N4O4. The monoisotopic (exact) mass is 382 g/mol. The van der Waals surface area contributed by atoms with Crippen LogP contribution in [0.4, 0.5) is 0 Å². The third kappa shape index (κ3) is 2.59. The number of nitrogens with zero attached hydrogens (tertiary/aromatic N) is 2. The lowest BCUT2D eigenvalue weighted by Gasteiger charge is -2.37. The van der Waals surface area contributed by atoms with Gasteiger partial charge in [0.05, 0.1) is 11.1 Å². The van der Waals surface area contributed by atoms with Gasteiger partial charge in [-0.15, -0.1) is 0 Å². The molecule has 4 amide bonds. The summed E-state index contributed by atoms with van der Waals surface area (Å²) < 4.78 is 0. The van der Waals surface area contributed by atoms with E-state index in [0.29, 0.717) is 17.7 Å². The summed E-state index contributed by atoms with van der Waals surface area (Å²) in [5, 5.41) is 5.67. The molecule has 8 heteroatoms. The van der Waals surface area contributed by atoms with Gasteiger partial charge in [-0.25, -0.2) is 0 Å². The summed E-state index contributed by atoms with van der Waals surface area (Å²) in [5.41, 5.74) is 1.77. The van der Waals surface area contributed by atoms with Crippen molar-refractivity contribution in [3.8, 4) is 0 Å². The predicted molar refractivity (Wildman–Crippen MR) is 98.4 cm³/mol. The average molecular weight is 382 g/mol. The molecular weight excluding hydrogens is 360 g/mol. The third-order valence-corrected chi connectivity index (χ3v) is 6.43. The van der Waals surface area contributed by atoms with Crippen LogP contribution in [0.25, 0.3) is 0 Å². The van der Waals surface area contributed by atoms with Crippen LogP contribution < -0.4 is 10.6 Å². The number of piperidine rings is 1. The lowest BCUT2D eigenvalue weighted by Crippen LogP contribution is -2.54. The molecule has 0 radical (unpaired) electrons. The van der Waals surface area contributed by atoms with E-state index in [1.54, 1.807) is 12.1 Å². The van der Waals surface area contributed by atoms with Gasteiger partial charge in [-0.1, -0.05) is 12.1 Å². The molecule has 8 nitrogen and oxygen atoms in total. The Morgan fingerprint density at radius 3 is 2.68 bits per heavy atom. The maximum Gasteiger partial charge on any atom is 0.262 e. The second kappa shape index (κ2) is 6.22. The van der Waals surface area contributed by atoms with Crippen LogP contribution in [0.5, 0.6) is 0 Å². The fraction of sp³-hybridized carbons (Fsp3) is 0.500. The standard InChI is InChI=1S/C20H22N4O4/c25-15-5-4-14(17(26)22-15)24-18(27)13-3-1-2-12(16(13)19(24)28)10-23-9-8-21-11-20(23)6-7-20/h1-3,14,21H,4-11H2,(H,22,25,26). The van der Waals surface area contributed by atoms with E-state index in [2.05, 4.69) is 15.5 Å². The van der Waals surface area contributed by atoms with Crippen molar-refractivity contribution in [3.05, 3.63) is 34.9 Å². The second-order valence-electron chi connectivity index (χ2n) is 8.11.